The summed E-state index contributed by atoms with van der Waals surface area (Å²) in [5.74, 6) is 0.936. The molecule has 2 aromatic heterocycles. The standard InChI is InChI=1S/C13H22N6O/c1-10-12(11(2)19(16-10)5-6-20)7-17(3)8-13-15-14-9-18(13)4/h9,20H,5-8H2,1-4H3. The van der Waals surface area contributed by atoms with Gasteiger partial charge in [-0.25, -0.2) is 0 Å². The summed E-state index contributed by atoms with van der Waals surface area (Å²) in [5, 5.41) is 21.5. The molecule has 7 heteroatoms. The van der Waals surface area contributed by atoms with Crippen LogP contribution in [0.4, 0.5) is 0 Å². The molecule has 0 bridgehead atoms. The molecule has 20 heavy (non-hydrogen) atoms. The van der Waals surface area contributed by atoms with Gasteiger partial charge >= 0.3 is 0 Å². The second-order valence-corrected chi connectivity index (χ2v) is 5.13. The first-order valence-electron chi connectivity index (χ1n) is 6.68. The Morgan fingerprint density at radius 2 is 2.05 bits per heavy atom. The van der Waals surface area contributed by atoms with Gasteiger partial charge in [-0.1, -0.05) is 0 Å². The van der Waals surface area contributed by atoms with Crippen LogP contribution >= 0.6 is 0 Å². The highest BCUT2D eigenvalue weighted by molar-refractivity contribution is 5.24. The van der Waals surface area contributed by atoms with Gasteiger partial charge in [0.2, 0.25) is 0 Å². The molecule has 0 atom stereocenters. The van der Waals surface area contributed by atoms with Crippen molar-refractivity contribution in [3.8, 4) is 0 Å². The van der Waals surface area contributed by atoms with Crippen molar-refractivity contribution in [3.05, 3.63) is 29.1 Å². The minimum Gasteiger partial charge on any atom is -0.394 e. The van der Waals surface area contributed by atoms with E-state index in [4.69, 9.17) is 5.11 Å². The van der Waals surface area contributed by atoms with E-state index in [1.54, 1.807) is 6.33 Å². The lowest BCUT2D eigenvalue weighted by Crippen LogP contribution is -2.20. The summed E-state index contributed by atoms with van der Waals surface area (Å²) in [7, 11) is 4.00. The zero-order valence-corrected chi connectivity index (χ0v) is 12.5. The zero-order valence-electron chi connectivity index (χ0n) is 12.5. The predicted molar refractivity (Wildman–Crippen MR) is 75.0 cm³/mol. The van der Waals surface area contributed by atoms with E-state index >= 15 is 0 Å². The maximum absolute atomic E-state index is 9.04. The van der Waals surface area contributed by atoms with Crippen molar-refractivity contribution in [2.75, 3.05) is 13.7 Å². The molecular weight excluding hydrogens is 256 g/mol. The van der Waals surface area contributed by atoms with E-state index in [0.717, 1.165) is 30.3 Å². The van der Waals surface area contributed by atoms with Crippen LogP contribution in [-0.4, -0.2) is 48.2 Å². The molecule has 0 saturated carbocycles. The van der Waals surface area contributed by atoms with Crippen LogP contribution < -0.4 is 0 Å². The van der Waals surface area contributed by atoms with Gasteiger partial charge in [-0.15, -0.1) is 10.2 Å². The third-order valence-electron chi connectivity index (χ3n) is 3.49. The van der Waals surface area contributed by atoms with Crippen molar-refractivity contribution < 1.29 is 5.11 Å². The van der Waals surface area contributed by atoms with Crippen molar-refractivity contribution in [1.29, 1.82) is 0 Å². The van der Waals surface area contributed by atoms with Crippen LogP contribution in [-0.2, 0) is 26.7 Å². The number of hydrogen-bond acceptors (Lipinski definition) is 5. The molecule has 0 aliphatic rings. The average molecular weight is 278 g/mol. The Kier molecular flexibility index (Phi) is 4.51. The number of aromatic nitrogens is 5. The predicted octanol–water partition coefficient (Wildman–Crippen LogP) is 0.253. The van der Waals surface area contributed by atoms with Gasteiger partial charge in [0.1, 0.15) is 12.2 Å². The number of hydrogen-bond donors (Lipinski definition) is 1. The molecule has 0 aliphatic carbocycles. The van der Waals surface area contributed by atoms with Crippen molar-refractivity contribution in [2.45, 2.75) is 33.5 Å². The fourth-order valence-electron chi connectivity index (χ4n) is 2.29. The van der Waals surface area contributed by atoms with Crippen LogP contribution in [0.15, 0.2) is 6.33 Å². The molecule has 110 valence electrons. The Bertz CT molecular complexity index is 573. The second kappa shape index (κ2) is 6.15. The highest BCUT2D eigenvalue weighted by Gasteiger charge is 2.14. The van der Waals surface area contributed by atoms with Gasteiger partial charge in [-0.3, -0.25) is 9.58 Å². The first-order valence-corrected chi connectivity index (χ1v) is 6.68. The largest absolute Gasteiger partial charge is 0.394 e. The van der Waals surface area contributed by atoms with Gasteiger partial charge in [0.05, 0.1) is 25.4 Å². The quantitative estimate of drug-likeness (QED) is 0.820. The van der Waals surface area contributed by atoms with Gasteiger partial charge < -0.3 is 9.67 Å². The lowest BCUT2D eigenvalue weighted by Gasteiger charge is -2.16. The van der Waals surface area contributed by atoms with Gasteiger partial charge in [-0.05, 0) is 20.9 Å². The van der Waals surface area contributed by atoms with Crippen molar-refractivity contribution in [3.63, 3.8) is 0 Å². The molecule has 0 radical (unpaired) electrons. The number of rotatable bonds is 6. The Morgan fingerprint density at radius 1 is 1.30 bits per heavy atom. The van der Waals surface area contributed by atoms with Gasteiger partial charge in [0.25, 0.3) is 0 Å². The number of aryl methyl sites for hydroxylation is 2. The Labute approximate surface area is 118 Å². The monoisotopic (exact) mass is 278 g/mol. The van der Waals surface area contributed by atoms with Crippen LogP contribution in [0, 0.1) is 13.8 Å². The fourth-order valence-corrected chi connectivity index (χ4v) is 2.29. The molecule has 2 heterocycles. The minimum absolute atomic E-state index is 0.107. The summed E-state index contributed by atoms with van der Waals surface area (Å²) in [5.41, 5.74) is 3.34. The maximum atomic E-state index is 9.04. The highest BCUT2D eigenvalue weighted by Crippen LogP contribution is 2.15. The summed E-state index contributed by atoms with van der Waals surface area (Å²) in [6.45, 7) is 6.24. The molecule has 2 aromatic rings. The summed E-state index contributed by atoms with van der Waals surface area (Å²) < 4.78 is 3.78. The van der Waals surface area contributed by atoms with Gasteiger partial charge in [0.15, 0.2) is 0 Å². The molecule has 0 aromatic carbocycles. The van der Waals surface area contributed by atoms with Crippen molar-refractivity contribution >= 4 is 0 Å². The first-order chi connectivity index (χ1) is 9.52. The normalized spacial score (nSPS) is 11.5. The minimum atomic E-state index is 0.107. The Hall–Kier alpha value is -1.73. The Morgan fingerprint density at radius 3 is 2.65 bits per heavy atom. The van der Waals surface area contributed by atoms with E-state index in [9.17, 15) is 0 Å². The third kappa shape index (κ3) is 3.05. The zero-order chi connectivity index (χ0) is 14.7. The molecule has 1 N–H and O–H groups in total. The third-order valence-corrected chi connectivity index (χ3v) is 3.49. The molecular formula is C13H22N6O. The lowest BCUT2D eigenvalue weighted by molar-refractivity contribution is 0.267. The molecule has 0 aliphatic heterocycles. The van der Waals surface area contributed by atoms with E-state index in [1.165, 1.54) is 5.56 Å². The highest BCUT2D eigenvalue weighted by atomic mass is 16.3. The molecule has 0 saturated heterocycles. The first kappa shape index (κ1) is 14.7. The summed E-state index contributed by atoms with van der Waals surface area (Å²) in [6, 6.07) is 0. The molecule has 0 fully saturated rings. The summed E-state index contributed by atoms with van der Waals surface area (Å²) in [6.07, 6.45) is 1.71. The summed E-state index contributed by atoms with van der Waals surface area (Å²) in [4.78, 5) is 2.18. The fraction of sp³-hybridized carbons (Fsp3) is 0.615. The molecule has 0 amide bonds. The topological polar surface area (TPSA) is 72.0 Å². The van der Waals surface area contributed by atoms with Gasteiger partial charge in [0, 0.05) is 24.8 Å². The number of nitrogens with zero attached hydrogens (tertiary/aromatic N) is 6. The Balaban J connectivity index is 2.08. The molecule has 0 unspecified atom stereocenters. The van der Waals surface area contributed by atoms with Crippen LogP contribution in [0.2, 0.25) is 0 Å². The SMILES string of the molecule is Cc1nn(CCO)c(C)c1CN(C)Cc1nncn1C. The van der Waals surface area contributed by atoms with Crippen molar-refractivity contribution in [1.82, 2.24) is 29.4 Å². The van der Waals surface area contributed by atoms with Crippen LogP contribution in [0.5, 0.6) is 0 Å². The maximum Gasteiger partial charge on any atom is 0.146 e. The van der Waals surface area contributed by atoms with Crippen molar-refractivity contribution in [2.24, 2.45) is 7.05 Å². The van der Waals surface area contributed by atoms with Crippen LogP contribution in [0.25, 0.3) is 0 Å². The molecule has 2 rings (SSSR count). The number of aliphatic hydroxyl groups excluding tert-OH is 1. The van der Waals surface area contributed by atoms with E-state index < -0.39 is 0 Å². The smallest absolute Gasteiger partial charge is 0.146 e. The molecule has 0 spiro atoms. The molecule has 7 nitrogen and oxygen atoms in total. The average Bonchev–Trinajstić information content (AvgIpc) is 2.90. The van der Waals surface area contributed by atoms with E-state index in [-0.39, 0.29) is 6.61 Å². The van der Waals surface area contributed by atoms with E-state index in [1.807, 2.05) is 30.1 Å². The van der Waals surface area contributed by atoms with E-state index in [0.29, 0.717) is 6.54 Å². The van der Waals surface area contributed by atoms with Crippen LogP contribution in [0.1, 0.15) is 22.8 Å². The summed E-state index contributed by atoms with van der Waals surface area (Å²) >= 11 is 0. The van der Waals surface area contributed by atoms with E-state index in [2.05, 4.69) is 27.2 Å². The number of aliphatic hydroxyl groups is 1. The second-order valence-electron chi connectivity index (χ2n) is 5.13. The lowest BCUT2D eigenvalue weighted by atomic mass is 10.2. The van der Waals surface area contributed by atoms with Crippen LogP contribution in [0.3, 0.4) is 0 Å². The van der Waals surface area contributed by atoms with Gasteiger partial charge in [-0.2, -0.15) is 5.10 Å².